The van der Waals surface area contributed by atoms with Crippen LogP contribution in [0.5, 0.6) is 28.7 Å². The maximum absolute atomic E-state index is 13.5. The van der Waals surface area contributed by atoms with Crippen molar-refractivity contribution in [2.45, 2.75) is 0 Å². The topological polar surface area (TPSA) is 93.4 Å². The van der Waals surface area contributed by atoms with Crippen LogP contribution in [0.3, 0.4) is 0 Å². The van der Waals surface area contributed by atoms with Crippen LogP contribution in [-0.2, 0) is 0 Å². The van der Waals surface area contributed by atoms with E-state index in [1.54, 1.807) is 62.8 Å². The van der Waals surface area contributed by atoms with E-state index in [9.17, 15) is 4.79 Å². The number of aromatic nitrogens is 2. The summed E-state index contributed by atoms with van der Waals surface area (Å²) in [5.41, 5.74) is 1.51. The lowest BCUT2D eigenvalue weighted by Gasteiger charge is -2.13. The van der Waals surface area contributed by atoms with E-state index in [0.717, 1.165) is 0 Å². The van der Waals surface area contributed by atoms with Crippen LogP contribution in [0.2, 0.25) is 0 Å². The first-order chi connectivity index (χ1) is 17.0. The number of fused-ring (bicyclic) bond motifs is 1. The number of para-hydroxylation sites is 1. The molecule has 9 nitrogen and oxygen atoms in total. The molecule has 0 bridgehead atoms. The molecule has 0 unspecified atom stereocenters. The third-order valence-electron chi connectivity index (χ3n) is 5.40. The van der Waals surface area contributed by atoms with Crippen LogP contribution in [-0.4, -0.2) is 51.4 Å². The van der Waals surface area contributed by atoms with Gasteiger partial charge in [0.2, 0.25) is 5.75 Å². The first-order valence-corrected chi connectivity index (χ1v) is 10.6. The molecule has 0 radical (unpaired) electrons. The Hall–Kier alpha value is -4.53. The average Bonchev–Trinajstić information content (AvgIpc) is 2.91. The molecule has 0 spiro atoms. The lowest BCUT2D eigenvalue weighted by Crippen LogP contribution is -2.20. The Kier molecular flexibility index (Phi) is 6.86. The lowest BCUT2D eigenvalue weighted by molar-refractivity contribution is 0.324. The smallest absolute Gasteiger partial charge is 0.282 e. The number of nitrogens with zero attached hydrogens (tertiary/aromatic N) is 3. The molecular formula is C26H25N3O6. The highest BCUT2D eigenvalue weighted by Crippen LogP contribution is 2.38. The Morgan fingerprint density at radius 1 is 0.771 bits per heavy atom. The highest BCUT2D eigenvalue weighted by Gasteiger charge is 2.16. The number of hydrogen-bond acceptors (Lipinski definition) is 8. The predicted octanol–water partition coefficient (Wildman–Crippen LogP) is 3.99. The standard InChI is InChI=1S/C26H25N3O6/c1-31-20-11-10-17(14-21(20)32-2)25-28-19-9-7-6-8-18(19)26(30)29(25)27-15-16-12-22(33-3)24(35-5)23(13-16)34-4/h6-15H,1-5H3. The minimum absolute atomic E-state index is 0.316. The quantitative estimate of drug-likeness (QED) is 0.356. The van der Waals surface area contributed by atoms with Gasteiger partial charge < -0.3 is 23.7 Å². The molecule has 0 amide bonds. The van der Waals surface area contributed by atoms with Crippen molar-refractivity contribution in [3.63, 3.8) is 0 Å². The molecule has 1 aromatic heterocycles. The molecule has 0 atom stereocenters. The molecule has 180 valence electrons. The van der Waals surface area contributed by atoms with Gasteiger partial charge in [-0.3, -0.25) is 4.79 Å². The van der Waals surface area contributed by atoms with Crippen LogP contribution >= 0.6 is 0 Å². The molecule has 35 heavy (non-hydrogen) atoms. The van der Waals surface area contributed by atoms with Gasteiger partial charge in [-0.15, -0.1) is 0 Å². The third-order valence-corrected chi connectivity index (χ3v) is 5.40. The molecule has 0 aliphatic heterocycles. The summed E-state index contributed by atoms with van der Waals surface area (Å²) >= 11 is 0. The summed E-state index contributed by atoms with van der Waals surface area (Å²) in [6, 6.07) is 15.9. The van der Waals surface area contributed by atoms with Crippen LogP contribution in [0, 0.1) is 0 Å². The number of rotatable bonds is 8. The second kappa shape index (κ2) is 10.2. The summed E-state index contributed by atoms with van der Waals surface area (Å²) in [6.45, 7) is 0. The Morgan fingerprint density at radius 3 is 2.06 bits per heavy atom. The first kappa shape index (κ1) is 23.6. The molecule has 0 N–H and O–H groups in total. The fraction of sp³-hybridized carbons (Fsp3) is 0.192. The minimum Gasteiger partial charge on any atom is -0.493 e. The van der Waals surface area contributed by atoms with Gasteiger partial charge in [0, 0.05) is 11.1 Å². The zero-order chi connectivity index (χ0) is 24.9. The number of ether oxygens (including phenoxy) is 5. The highest BCUT2D eigenvalue weighted by atomic mass is 16.5. The van der Waals surface area contributed by atoms with Crippen LogP contribution in [0.1, 0.15) is 5.56 Å². The SMILES string of the molecule is COc1ccc(-c2nc3ccccc3c(=O)n2N=Cc2cc(OC)c(OC)c(OC)c2)cc1OC. The van der Waals surface area contributed by atoms with Crippen molar-refractivity contribution in [2.75, 3.05) is 35.5 Å². The Balaban J connectivity index is 1.92. The van der Waals surface area contributed by atoms with Gasteiger partial charge in [0.25, 0.3) is 5.56 Å². The summed E-state index contributed by atoms with van der Waals surface area (Å²) < 4.78 is 28.3. The molecule has 4 rings (SSSR count). The molecule has 0 aliphatic carbocycles. The van der Waals surface area contributed by atoms with E-state index in [2.05, 4.69) is 5.10 Å². The Labute approximate surface area is 202 Å². The molecule has 1 heterocycles. The molecule has 0 saturated heterocycles. The molecular weight excluding hydrogens is 450 g/mol. The highest BCUT2D eigenvalue weighted by molar-refractivity contribution is 5.84. The fourth-order valence-corrected chi connectivity index (χ4v) is 3.69. The van der Waals surface area contributed by atoms with Gasteiger partial charge in [-0.2, -0.15) is 9.78 Å². The average molecular weight is 476 g/mol. The van der Waals surface area contributed by atoms with Crippen molar-refractivity contribution < 1.29 is 23.7 Å². The minimum atomic E-state index is -0.316. The van der Waals surface area contributed by atoms with Gasteiger partial charge in [-0.25, -0.2) is 4.98 Å². The normalized spacial score (nSPS) is 11.0. The summed E-state index contributed by atoms with van der Waals surface area (Å²) in [7, 11) is 7.70. The van der Waals surface area contributed by atoms with Crippen molar-refractivity contribution >= 4 is 17.1 Å². The molecule has 4 aromatic rings. The van der Waals surface area contributed by atoms with Crippen molar-refractivity contribution in [2.24, 2.45) is 5.10 Å². The zero-order valence-electron chi connectivity index (χ0n) is 20.1. The second-order valence-electron chi connectivity index (χ2n) is 7.34. The van der Waals surface area contributed by atoms with E-state index in [-0.39, 0.29) is 5.56 Å². The van der Waals surface area contributed by atoms with Crippen molar-refractivity contribution in [3.8, 4) is 40.1 Å². The van der Waals surface area contributed by atoms with Crippen LogP contribution in [0.4, 0.5) is 0 Å². The van der Waals surface area contributed by atoms with E-state index in [0.29, 0.717) is 56.6 Å². The first-order valence-electron chi connectivity index (χ1n) is 10.6. The Bertz CT molecular complexity index is 1440. The summed E-state index contributed by atoms with van der Waals surface area (Å²) in [6.07, 6.45) is 1.53. The van der Waals surface area contributed by atoms with Gasteiger partial charge in [0.15, 0.2) is 28.8 Å². The lowest BCUT2D eigenvalue weighted by atomic mass is 10.1. The zero-order valence-corrected chi connectivity index (χ0v) is 20.1. The summed E-state index contributed by atoms with van der Waals surface area (Å²) in [5.74, 6) is 2.82. The van der Waals surface area contributed by atoms with E-state index >= 15 is 0 Å². The molecule has 3 aromatic carbocycles. The van der Waals surface area contributed by atoms with Gasteiger partial charge in [0.05, 0.1) is 52.7 Å². The van der Waals surface area contributed by atoms with Gasteiger partial charge >= 0.3 is 0 Å². The number of methoxy groups -OCH3 is 5. The predicted molar refractivity (Wildman–Crippen MR) is 134 cm³/mol. The van der Waals surface area contributed by atoms with Crippen LogP contribution in [0.25, 0.3) is 22.3 Å². The van der Waals surface area contributed by atoms with Crippen molar-refractivity contribution in [1.82, 2.24) is 9.66 Å². The van der Waals surface area contributed by atoms with Crippen LogP contribution in [0.15, 0.2) is 64.5 Å². The molecule has 0 saturated carbocycles. The largest absolute Gasteiger partial charge is 0.493 e. The monoisotopic (exact) mass is 475 g/mol. The number of benzene rings is 3. The van der Waals surface area contributed by atoms with E-state index in [4.69, 9.17) is 28.7 Å². The summed E-state index contributed by atoms with van der Waals surface area (Å²) in [4.78, 5) is 18.2. The van der Waals surface area contributed by atoms with Gasteiger partial charge in [-0.1, -0.05) is 12.1 Å². The second-order valence-corrected chi connectivity index (χ2v) is 7.34. The molecule has 0 fully saturated rings. The van der Waals surface area contributed by atoms with E-state index in [1.165, 1.54) is 32.2 Å². The van der Waals surface area contributed by atoms with Gasteiger partial charge in [-0.05, 0) is 42.5 Å². The maximum atomic E-state index is 13.5. The van der Waals surface area contributed by atoms with E-state index < -0.39 is 0 Å². The third kappa shape index (κ3) is 4.48. The van der Waals surface area contributed by atoms with Gasteiger partial charge in [0.1, 0.15) is 0 Å². The molecule has 0 aliphatic rings. The van der Waals surface area contributed by atoms with Crippen LogP contribution < -0.4 is 29.2 Å². The van der Waals surface area contributed by atoms with E-state index in [1.807, 2.05) is 6.07 Å². The van der Waals surface area contributed by atoms with Crippen molar-refractivity contribution in [3.05, 3.63) is 70.5 Å². The maximum Gasteiger partial charge on any atom is 0.282 e. The Morgan fingerprint density at radius 2 is 1.43 bits per heavy atom. The van der Waals surface area contributed by atoms with Crippen molar-refractivity contribution in [1.29, 1.82) is 0 Å². The number of hydrogen-bond donors (Lipinski definition) is 0. The summed E-state index contributed by atoms with van der Waals surface area (Å²) in [5, 5.41) is 4.94. The molecule has 9 heteroatoms. The fourth-order valence-electron chi connectivity index (χ4n) is 3.69.